The topological polar surface area (TPSA) is 32.8 Å². The molecule has 0 spiro atoms. The molecule has 11 aromatic carbocycles. The molecule has 0 atom stereocenters. The van der Waals surface area contributed by atoms with Crippen LogP contribution in [0.3, 0.4) is 0 Å². The molecular weight excluding hydrogens is 949 g/mol. The molecule has 0 N–H and O–H groups in total. The van der Waals surface area contributed by atoms with Crippen LogP contribution in [-0.4, -0.2) is 0 Å². The van der Waals surface area contributed by atoms with Crippen molar-refractivity contribution < 1.29 is 8.83 Å². The van der Waals surface area contributed by atoms with E-state index in [1.165, 1.54) is 77.2 Å². The van der Waals surface area contributed by atoms with Gasteiger partial charge in [-0.2, -0.15) is 0 Å². The van der Waals surface area contributed by atoms with Gasteiger partial charge in [0.15, 0.2) is 0 Å². The lowest BCUT2D eigenvalue weighted by Gasteiger charge is -2.28. The first-order chi connectivity index (χ1) is 37.8. The van der Waals surface area contributed by atoms with E-state index in [0.717, 1.165) is 78.0 Å². The zero-order valence-corrected chi connectivity index (χ0v) is 45.5. The van der Waals surface area contributed by atoms with Crippen LogP contribution in [0.1, 0.15) is 101 Å². The molecule has 13 aromatic rings. The molecule has 2 aliphatic carbocycles. The summed E-state index contributed by atoms with van der Waals surface area (Å²) in [5.74, 6) is 0.891. The van der Waals surface area contributed by atoms with Crippen molar-refractivity contribution in [1.82, 2.24) is 0 Å². The number of hydrogen-bond donors (Lipinski definition) is 0. The van der Waals surface area contributed by atoms with Gasteiger partial charge in [0.2, 0.25) is 0 Å². The maximum absolute atomic E-state index is 6.30. The second-order valence-corrected chi connectivity index (χ2v) is 23.7. The van der Waals surface area contributed by atoms with Gasteiger partial charge in [0.05, 0.1) is 0 Å². The molecule has 15 rings (SSSR count). The van der Waals surface area contributed by atoms with Gasteiger partial charge in [0.1, 0.15) is 22.3 Å². The van der Waals surface area contributed by atoms with Crippen molar-refractivity contribution in [2.24, 2.45) is 0 Å². The number of rotatable bonds is 8. The Labute approximate surface area is 455 Å². The van der Waals surface area contributed by atoms with Crippen molar-refractivity contribution in [2.45, 2.75) is 78.1 Å². The van der Waals surface area contributed by atoms with E-state index in [1.54, 1.807) is 0 Å². The predicted molar refractivity (Wildman–Crippen MR) is 329 cm³/mol. The molecule has 78 heavy (non-hydrogen) atoms. The average molecular weight is 1010 g/mol. The Morgan fingerprint density at radius 3 is 1.08 bits per heavy atom. The van der Waals surface area contributed by atoms with Crippen molar-refractivity contribution in [3.05, 3.63) is 240 Å². The molecule has 2 aromatic heterocycles. The third kappa shape index (κ3) is 6.85. The molecule has 0 saturated heterocycles. The Hall–Kier alpha value is -8.86. The minimum Gasteiger partial charge on any atom is -0.456 e. The van der Waals surface area contributed by atoms with Crippen LogP contribution in [0.25, 0.3) is 87.7 Å². The van der Waals surface area contributed by atoms with Crippen LogP contribution in [0.15, 0.2) is 215 Å². The Kier molecular flexibility index (Phi) is 10.0. The summed E-state index contributed by atoms with van der Waals surface area (Å²) in [5.41, 5.74) is 23.4. The quantitative estimate of drug-likeness (QED) is 0.152. The van der Waals surface area contributed by atoms with Crippen LogP contribution in [-0.2, 0) is 10.8 Å². The number of fused-ring (bicyclic) bond motifs is 16. The number of anilines is 6. The first-order valence-electron chi connectivity index (χ1n) is 27.8. The Morgan fingerprint density at radius 1 is 0.308 bits per heavy atom. The minimum atomic E-state index is -0.234. The van der Waals surface area contributed by atoms with Crippen molar-refractivity contribution >= 4 is 99.5 Å². The molecular formula is C74H60N2O2. The summed E-state index contributed by atoms with van der Waals surface area (Å²) in [7, 11) is 0. The van der Waals surface area contributed by atoms with Crippen molar-refractivity contribution in [1.29, 1.82) is 0 Å². The van der Waals surface area contributed by atoms with Crippen molar-refractivity contribution in [3.63, 3.8) is 0 Å². The maximum Gasteiger partial charge on any atom is 0.135 e. The zero-order chi connectivity index (χ0) is 52.9. The highest BCUT2D eigenvalue weighted by Gasteiger charge is 2.43. The summed E-state index contributed by atoms with van der Waals surface area (Å²) in [4.78, 5) is 4.80. The first-order valence-corrected chi connectivity index (χ1v) is 27.8. The van der Waals surface area contributed by atoms with Crippen LogP contribution < -0.4 is 9.80 Å². The minimum absolute atomic E-state index is 0.234. The van der Waals surface area contributed by atoms with Gasteiger partial charge < -0.3 is 18.6 Å². The molecule has 2 aliphatic rings. The van der Waals surface area contributed by atoms with Gasteiger partial charge in [-0.25, -0.2) is 0 Å². The summed E-state index contributed by atoms with van der Waals surface area (Å²) < 4.78 is 12.6. The summed E-state index contributed by atoms with van der Waals surface area (Å²) in [6, 6.07) is 76.8. The summed E-state index contributed by atoms with van der Waals surface area (Å²) in [6.45, 7) is 18.7. The molecule has 0 saturated carbocycles. The van der Waals surface area contributed by atoms with Gasteiger partial charge in [-0.1, -0.05) is 152 Å². The van der Waals surface area contributed by atoms with E-state index in [-0.39, 0.29) is 10.8 Å². The third-order valence-corrected chi connectivity index (χ3v) is 17.7. The SMILES string of the molecule is CC(C)c1ccc(N(c2ccc3c4c(ccc3c2)-c2cc3c(cc2C4(C)C)-c2ccc4cc(N(c5ccc(C(C)C)cc5)c5ccc6oc7ccccc7c6c5)ccc4c2C3(C)C)c2ccc3oc4ccccc4c3c2)cc1. The second kappa shape index (κ2) is 16.8. The van der Waals surface area contributed by atoms with E-state index in [9.17, 15) is 0 Å². The standard InChI is InChI=1S/C74H60N2O2/c1-43(2)45-17-23-49(24-18-45)75(53-29-35-69-63(39-53)57-13-9-11-15-67(57)77-69)51-27-33-55-47(37-51)21-31-59-61-41-66-62(42-65(61)73(5,6)71(55)59)60-32-22-48-38-52(28-34-56(48)72(60)74(66,7)8)76(50-25-19-46(20-26-50)44(3)4)54-30-36-70-64(40-54)58-14-10-12-16-68(58)78-70/h9-44H,1-8H3. The first kappa shape index (κ1) is 46.4. The fraction of sp³-hybridized carbons (Fsp3) is 0.162. The highest BCUT2D eigenvalue weighted by atomic mass is 16.3. The molecule has 0 fully saturated rings. The summed E-state index contributed by atoms with van der Waals surface area (Å²) >= 11 is 0. The molecule has 0 bridgehead atoms. The van der Waals surface area contributed by atoms with Crippen LogP contribution in [0.5, 0.6) is 0 Å². The fourth-order valence-corrected chi connectivity index (χ4v) is 13.7. The van der Waals surface area contributed by atoms with E-state index in [1.807, 2.05) is 12.1 Å². The van der Waals surface area contributed by atoms with Crippen LogP contribution in [0.4, 0.5) is 34.1 Å². The lowest BCUT2D eigenvalue weighted by Crippen LogP contribution is -2.17. The second-order valence-electron chi connectivity index (χ2n) is 23.7. The number of hydrogen-bond acceptors (Lipinski definition) is 4. The van der Waals surface area contributed by atoms with E-state index in [0.29, 0.717) is 11.8 Å². The smallest absolute Gasteiger partial charge is 0.135 e. The van der Waals surface area contributed by atoms with Gasteiger partial charge in [-0.05, 0) is 198 Å². The van der Waals surface area contributed by atoms with Crippen LogP contribution >= 0.6 is 0 Å². The fourth-order valence-electron chi connectivity index (χ4n) is 13.7. The molecule has 2 heterocycles. The predicted octanol–water partition coefficient (Wildman–Crippen LogP) is 21.6. The lowest BCUT2D eigenvalue weighted by molar-refractivity contribution is 0.657. The van der Waals surface area contributed by atoms with E-state index < -0.39 is 0 Å². The number of benzene rings is 11. The largest absolute Gasteiger partial charge is 0.456 e. The third-order valence-electron chi connectivity index (χ3n) is 17.7. The number of furan rings is 2. The van der Waals surface area contributed by atoms with E-state index in [2.05, 4.69) is 259 Å². The van der Waals surface area contributed by atoms with E-state index >= 15 is 0 Å². The molecule has 0 amide bonds. The molecule has 0 aliphatic heterocycles. The van der Waals surface area contributed by atoms with E-state index in [4.69, 9.17) is 8.83 Å². The Morgan fingerprint density at radius 2 is 0.667 bits per heavy atom. The average Bonchev–Trinajstić information content (AvgIpc) is 4.29. The van der Waals surface area contributed by atoms with Crippen molar-refractivity contribution in [2.75, 3.05) is 9.80 Å². The van der Waals surface area contributed by atoms with Crippen LogP contribution in [0, 0.1) is 0 Å². The number of para-hydroxylation sites is 2. The molecule has 4 heteroatoms. The maximum atomic E-state index is 6.30. The lowest BCUT2D eigenvalue weighted by atomic mass is 9.78. The zero-order valence-electron chi connectivity index (χ0n) is 45.5. The summed E-state index contributed by atoms with van der Waals surface area (Å²) in [5, 5.41) is 9.55. The van der Waals surface area contributed by atoms with Gasteiger partial charge in [0, 0.05) is 66.5 Å². The normalized spacial score (nSPS) is 14.1. The number of nitrogens with zero attached hydrogens (tertiary/aromatic N) is 2. The van der Waals surface area contributed by atoms with Gasteiger partial charge in [-0.15, -0.1) is 0 Å². The molecule has 4 nitrogen and oxygen atoms in total. The van der Waals surface area contributed by atoms with Gasteiger partial charge in [0.25, 0.3) is 0 Å². The molecule has 378 valence electrons. The van der Waals surface area contributed by atoms with Gasteiger partial charge >= 0.3 is 0 Å². The molecule has 0 unspecified atom stereocenters. The Balaban J connectivity index is 0.813. The highest BCUT2D eigenvalue weighted by molar-refractivity contribution is 6.09. The monoisotopic (exact) mass is 1010 g/mol. The van der Waals surface area contributed by atoms with Gasteiger partial charge in [-0.3, -0.25) is 0 Å². The van der Waals surface area contributed by atoms with Crippen LogP contribution in [0.2, 0.25) is 0 Å². The highest BCUT2D eigenvalue weighted by Crippen LogP contribution is 2.59. The van der Waals surface area contributed by atoms with Crippen molar-refractivity contribution in [3.8, 4) is 22.3 Å². The Bertz CT molecular complexity index is 4330. The molecule has 0 radical (unpaired) electrons. The summed E-state index contributed by atoms with van der Waals surface area (Å²) in [6.07, 6.45) is 0.